The third-order valence-electron chi connectivity index (χ3n) is 4.66. The van der Waals surface area contributed by atoms with Gasteiger partial charge in [0.05, 0.1) is 12.7 Å². The summed E-state index contributed by atoms with van der Waals surface area (Å²) in [6.45, 7) is 4.72. The van der Waals surface area contributed by atoms with Crippen LogP contribution >= 0.6 is 0 Å². The summed E-state index contributed by atoms with van der Waals surface area (Å²) in [7, 11) is 1.49. The minimum Gasteiger partial charge on any atom is -0.468 e. The number of esters is 1. The van der Waals surface area contributed by atoms with Gasteiger partial charge >= 0.3 is 5.97 Å². The Morgan fingerprint density at radius 1 is 1.20 bits per heavy atom. The molecule has 20 heavy (non-hydrogen) atoms. The molecule has 4 heteroatoms. The van der Waals surface area contributed by atoms with Crippen LogP contribution in [-0.4, -0.2) is 36.9 Å². The number of nitrogens with one attached hydrogen (secondary N) is 1. The average Bonchev–Trinajstić information content (AvgIpc) is 2.65. The van der Waals surface area contributed by atoms with Crippen LogP contribution in [0.5, 0.6) is 0 Å². The molecule has 4 nitrogen and oxygen atoms in total. The summed E-state index contributed by atoms with van der Waals surface area (Å²) in [5.41, 5.74) is -0.838. The number of hydrogen-bond acceptors (Lipinski definition) is 4. The van der Waals surface area contributed by atoms with Crippen molar-refractivity contribution in [3.8, 4) is 0 Å². The number of hydrogen-bond donors (Lipinski definition) is 1. The van der Waals surface area contributed by atoms with Crippen molar-refractivity contribution in [1.82, 2.24) is 5.32 Å². The van der Waals surface area contributed by atoms with Crippen molar-refractivity contribution in [2.45, 2.75) is 82.4 Å². The minimum absolute atomic E-state index is 0.127. The zero-order valence-electron chi connectivity index (χ0n) is 13.2. The summed E-state index contributed by atoms with van der Waals surface area (Å²) in [5.74, 6) is -0.127. The molecule has 1 aliphatic carbocycles. The van der Waals surface area contributed by atoms with E-state index in [1.807, 2.05) is 0 Å². The Hall–Kier alpha value is -0.610. The van der Waals surface area contributed by atoms with Gasteiger partial charge in [-0.25, -0.2) is 0 Å². The maximum absolute atomic E-state index is 12.4. The molecule has 2 aliphatic rings. The van der Waals surface area contributed by atoms with E-state index in [4.69, 9.17) is 9.47 Å². The first-order valence-corrected chi connectivity index (χ1v) is 7.98. The smallest absolute Gasteiger partial charge is 0.326 e. The lowest BCUT2D eigenvalue weighted by atomic mass is 9.80. The van der Waals surface area contributed by atoms with Crippen molar-refractivity contribution in [3.05, 3.63) is 0 Å². The van der Waals surface area contributed by atoms with Crippen LogP contribution < -0.4 is 5.32 Å². The molecule has 1 aliphatic heterocycles. The quantitative estimate of drug-likeness (QED) is 0.639. The summed E-state index contributed by atoms with van der Waals surface area (Å²) in [6, 6.07) is 0.436. The van der Waals surface area contributed by atoms with E-state index in [1.54, 1.807) is 0 Å². The van der Waals surface area contributed by atoms with E-state index in [9.17, 15) is 4.79 Å². The molecule has 2 fully saturated rings. The van der Waals surface area contributed by atoms with E-state index in [1.165, 1.54) is 45.6 Å². The molecular weight excluding hydrogens is 254 g/mol. The van der Waals surface area contributed by atoms with Crippen LogP contribution in [0.3, 0.4) is 0 Å². The van der Waals surface area contributed by atoms with Crippen LogP contribution in [0, 0.1) is 0 Å². The standard InChI is InChI=1S/C16H29NO3/c1-15(2)12-16(10-11-20-15,14(18)19-3)17-13-8-6-4-5-7-9-13/h13,17H,4-12H2,1-3H3. The summed E-state index contributed by atoms with van der Waals surface area (Å²) in [4.78, 5) is 12.4. The van der Waals surface area contributed by atoms with Crippen molar-refractivity contribution in [1.29, 1.82) is 0 Å². The molecule has 0 aromatic rings. The highest BCUT2D eigenvalue weighted by Gasteiger charge is 2.48. The largest absolute Gasteiger partial charge is 0.468 e. The molecule has 1 atom stereocenters. The van der Waals surface area contributed by atoms with E-state index in [0.29, 0.717) is 25.5 Å². The molecule has 1 saturated carbocycles. The van der Waals surface area contributed by atoms with Gasteiger partial charge in [-0.1, -0.05) is 25.7 Å². The van der Waals surface area contributed by atoms with Gasteiger partial charge in [-0.15, -0.1) is 0 Å². The number of carbonyl (C=O) groups excluding carboxylic acids is 1. The summed E-state index contributed by atoms with van der Waals surface area (Å²) in [6.07, 6.45) is 8.88. The van der Waals surface area contributed by atoms with Crippen LogP contribution in [0.15, 0.2) is 0 Å². The Bertz CT molecular complexity index is 335. The van der Waals surface area contributed by atoms with Gasteiger partial charge in [0.1, 0.15) is 5.54 Å². The predicted molar refractivity (Wildman–Crippen MR) is 78.6 cm³/mol. The Balaban J connectivity index is 2.12. The summed E-state index contributed by atoms with van der Waals surface area (Å²) >= 11 is 0. The zero-order valence-corrected chi connectivity index (χ0v) is 13.2. The number of ether oxygens (including phenoxy) is 2. The van der Waals surface area contributed by atoms with Gasteiger partial charge < -0.3 is 9.47 Å². The Kier molecular flexibility index (Phi) is 5.08. The fourth-order valence-corrected chi connectivity index (χ4v) is 3.73. The van der Waals surface area contributed by atoms with Gasteiger partial charge in [-0.3, -0.25) is 10.1 Å². The highest BCUT2D eigenvalue weighted by molar-refractivity contribution is 5.81. The molecule has 1 unspecified atom stereocenters. The van der Waals surface area contributed by atoms with Gasteiger partial charge in [0.2, 0.25) is 0 Å². The van der Waals surface area contributed by atoms with Crippen molar-refractivity contribution < 1.29 is 14.3 Å². The number of carbonyl (C=O) groups is 1. The molecule has 0 amide bonds. The predicted octanol–water partition coefficient (Wildman–Crippen LogP) is 2.80. The molecule has 0 aromatic carbocycles. The first-order chi connectivity index (χ1) is 9.47. The second-order valence-electron chi connectivity index (χ2n) is 6.94. The van der Waals surface area contributed by atoms with Gasteiger partial charge in [-0.2, -0.15) is 0 Å². The van der Waals surface area contributed by atoms with Crippen LogP contribution in [0.4, 0.5) is 0 Å². The van der Waals surface area contributed by atoms with E-state index >= 15 is 0 Å². The lowest BCUT2D eigenvalue weighted by Crippen LogP contribution is -2.62. The van der Waals surface area contributed by atoms with E-state index < -0.39 is 5.54 Å². The van der Waals surface area contributed by atoms with Gasteiger partial charge in [0.25, 0.3) is 0 Å². The minimum atomic E-state index is -0.564. The fourth-order valence-electron chi connectivity index (χ4n) is 3.73. The molecular formula is C16H29NO3. The summed E-state index contributed by atoms with van der Waals surface area (Å²) in [5, 5.41) is 3.66. The van der Waals surface area contributed by atoms with E-state index in [-0.39, 0.29) is 11.6 Å². The van der Waals surface area contributed by atoms with E-state index in [2.05, 4.69) is 19.2 Å². The SMILES string of the molecule is COC(=O)C1(NC2CCCCCC2)CCOC(C)(C)C1. The lowest BCUT2D eigenvalue weighted by Gasteiger charge is -2.45. The van der Waals surface area contributed by atoms with Crippen molar-refractivity contribution >= 4 is 5.97 Å². The molecule has 0 bridgehead atoms. The molecule has 1 heterocycles. The highest BCUT2D eigenvalue weighted by Crippen LogP contribution is 2.34. The third-order valence-corrected chi connectivity index (χ3v) is 4.66. The van der Waals surface area contributed by atoms with E-state index in [0.717, 1.165) is 0 Å². The average molecular weight is 283 g/mol. The number of methoxy groups -OCH3 is 1. The van der Waals surface area contributed by atoms with Crippen molar-refractivity contribution in [3.63, 3.8) is 0 Å². The topological polar surface area (TPSA) is 47.6 Å². The fraction of sp³-hybridized carbons (Fsp3) is 0.938. The van der Waals surface area contributed by atoms with Crippen LogP contribution in [0.1, 0.15) is 65.2 Å². The third kappa shape index (κ3) is 3.73. The Labute approximate surface area is 122 Å². The van der Waals surface area contributed by atoms with Crippen LogP contribution in [0.25, 0.3) is 0 Å². The monoisotopic (exact) mass is 283 g/mol. The number of rotatable bonds is 3. The lowest BCUT2D eigenvalue weighted by molar-refractivity contribution is -0.162. The molecule has 2 rings (SSSR count). The first kappa shape index (κ1) is 15.8. The normalized spacial score (nSPS) is 31.6. The molecule has 1 N–H and O–H groups in total. The van der Waals surface area contributed by atoms with Crippen molar-refractivity contribution in [2.24, 2.45) is 0 Å². The second-order valence-corrected chi connectivity index (χ2v) is 6.94. The maximum atomic E-state index is 12.4. The Morgan fingerprint density at radius 2 is 1.85 bits per heavy atom. The van der Waals surface area contributed by atoms with Gasteiger partial charge in [-0.05, 0) is 33.1 Å². The first-order valence-electron chi connectivity index (χ1n) is 7.98. The zero-order chi connectivity index (χ0) is 14.6. The summed E-state index contributed by atoms with van der Waals surface area (Å²) < 4.78 is 10.9. The second kappa shape index (κ2) is 6.44. The Morgan fingerprint density at radius 3 is 2.40 bits per heavy atom. The molecule has 116 valence electrons. The van der Waals surface area contributed by atoms with Gasteiger partial charge in [0, 0.05) is 19.1 Å². The molecule has 0 radical (unpaired) electrons. The van der Waals surface area contributed by atoms with Gasteiger partial charge in [0.15, 0.2) is 0 Å². The molecule has 1 saturated heterocycles. The van der Waals surface area contributed by atoms with Crippen LogP contribution in [0.2, 0.25) is 0 Å². The van der Waals surface area contributed by atoms with Crippen molar-refractivity contribution in [2.75, 3.05) is 13.7 Å². The molecule has 0 aromatic heterocycles. The maximum Gasteiger partial charge on any atom is 0.326 e. The van der Waals surface area contributed by atoms with Crippen LogP contribution in [-0.2, 0) is 14.3 Å². The highest BCUT2D eigenvalue weighted by atomic mass is 16.5. The molecule has 0 spiro atoms.